The van der Waals surface area contributed by atoms with Crippen LogP contribution in [0.4, 0.5) is 28.9 Å². The average Bonchev–Trinajstić information content (AvgIpc) is 4.12. The number of likely N-dealkylation sites (N-methyl/N-ethyl adjacent to an activating group) is 1. The van der Waals surface area contributed by atoms with Crippen LogP contribution < -0.4 is 26.6 Å². The van der Waals surface area contributed by atoms with Crippen molar-refractivity contribution in [2.24, 2.45) is 11.8 Å². The number of hydrogen-bond acceptors (Lipinski definition) is 9. The lowest BCUT2D eigenvalue weighted by molar-refractivity contribution is -0.164. The topological polar surface area (TPSA) is 230 Å². The molecule has 0 saturated heterocycles. The van der Waals surface area contributed by atoms with Gasteiger partial charge in [-0.15, -0.1) is 0 Å². The summed E-state index contributed by atoms with van der Waals surface area (Å²) in [5, 5.41) is 22.2. The Morgan fingerprint density at radius 1 is 0.740 bits per heavy atom. The van der Waals surface area contributed by atoms with Gasteiger partial charge in [0.25, 0.3) is 47.0 Å². The van der Waals surface area contributed by atoms with Gasteiger partial charge in [-0.05, 0) is 105 Å². The van der Waals surface area contributed by atoms with E-state index in [0.29, 0.717) is 57.4 Å². The molecule has 73 heavy (non-hydrogen) atoms. The highest BCUT2D eigenvalue weighted by atomic mass is 35.5. The molecule has 4 fully saturated rings. The van der Waals surface area contributed by atoms with E-state index in [0.717, 1.165) is 24.0 Å². The molecule has 21 heteroatoms. The first-order chi connectivity index (χ1) is 34.3. The predicted octanol–water partition coefficient (Wildman–Crippen LogP) is 7.13. The number of nitrogens with zero attached hydrogens (tertiary/aromatic N) is 3. The van der Waals surface area contributed by atoms with E-state index in [-0.39, 0.29) is 52.7 Å². The van der Waals surface area contributed by atoms with Crippen LogP contribution in [0.25, 0.3) is 0 Å². The van der Waals surface area contributed by atoms with Crippen LogP contribution in [-0.2, 0) is 32.1 Å². The summed E-state index contributed by atoms with van der Waals surface area (Å²) in [6, 6.07) is 12.2. The molecule has 0 unspecified atom stereocenters. The fourth-order valence-electron chi connectivity index (χ4n) is 11.4. The number of anilines is 2. The summed E-state index contributed by atoms with van der Waals surface area (Å²) < 4.78 is 58.2. The Morgan fingerprint density at radius 2 is 1.29 bits per heavy atom. The molecule has 0 bridgehead atoms. The SMILES string of the molecule is CCC(=O)C1(NC(=O)C(=O)c2c(C)c(C(=O)Nc3ccc(C)c(C#N)c3)n3c2C[C@H]2C[C@H]23)CC(F)(F)C1.CNC(=O)C1(NC(=O)C(=O)c2c(C)c(C(=O)Nc3ccc(C)c(Cl)c3)n3c2[C@@H]2C[C@@H]2C3)CC(F)(F)C1. The number of carbonyl (C=O) groups excluding carboxylic acids is 8. The van der Waals surface area contributed by atoms with Crippen molar-refractivity contribution < 1.29 is 55.9 Å². The van der Waals surface area contributed by atoms with Gasteiger partial charge < -0.3 is 35.7 Å². The van der Waals surface area contributed by atoms with Crippen LogP contribution in [0.15, 0.2) is 36.4 Å². The van der Waals surface area contributed by atoms with Crippen molar-refractivity contribution in [3.05, 3.63) is 103 Å². The molecule has 0 radical (unpaired) electrons. The number of Topliss-reactive ketones (excluding diaryl/α,β-unsaturated/α-hetero) is 3. The van der Waals surface area contributed by atoms with Gasteiger partial charge in [0.15, 0.2) is 5.78 Å². The van der Waals surface area contributed by atoms with E-state index >= 15 is 0 Å². The second kappa shape index (κ2) is 17.8. The Morgan fingerprint density at radius 3 is 1.86 bits per heavy atom. The van der Waals surface area contributed by atoms with Crippen LogP contribution in [0, 0.1) is 50.9 Å². The van der Waals surface area contributed by atoms with Crippen molar-refractivity contribution in [1.82, 2.24) is 25.1 Å². The van der Waals surface area contributed by atoms with Crippen molar-refractivity contribution in [2.75, 3.05) is 17.7 Å². The standard InChI is InChI=1S/C27H26F2N4O4.C25H25ClF2N4O4/c1-4-20(34)26(11-27(28,29)12-26)32-25(37)23(35)21-14(3)22(33-18-8-15(18)9-19(21)33)24(36)31-17-6-5-13(2)16(7-17)10-30;1-11-4-5-14(7-16(11)26)30-21(34)18-12(2)17(19-15-6-13(15)8-32(18)19)20(33)22(35)31-24(23(36)29-3)9-25(27,28)10-24/h5-7,15,18H,4,8-9,11-12H2,1-3H3,(H,31,36)(H,32,37);4-5,7,13,15H,6,8-10H2,1-3H3,(H,29,36)(H,30,34)(H,31,35)/t15-,18-;13-,15-/m11/s1. The maximum absolute atomic E-state index is 13.7. The van der Waals surface area contributed by atoms with Crippen LogP contribution in [-0.4, -0.2) is 86.0 Å². The molecule has 4 atom stereocenters. The molecular weight excluding hydrogens is 976 g/mol. The Balaban J connectivity index is 0.000000180. The van der Waals surface area contributed by atoms with Crippen LogP contribution >= 0.6 is 11.6 Å². The molecule has 2 aromatic heterocycles. The Labute approximate surface area is 420 Å². The van der Waals surface area contributed by atoms with Gasteiger partial charge in [-0.2, -0.15) is 5.26 Å². The van der Waals surface area contributed by atoms with Gasteiger partial charge >= 0.3 is 0 Å². The van der Waals surface area contributed by atoms with E-state index in [2.05, 4.69) is 32.7 Å². The number of carbonyl (C=O) groups is 8. The summed E-state index contributed by atoms with van der Waals surface area (Å²) in [6.45, 7) is 8.86. The number of ketones is 3. The molecular formula is C52H51ClF4N8O8. The lowest BCUT2D eigenvalue weighted by Crippen LogP contribution is -2.69. The van der Waals surface area contributed by atoms with Crippen molar-refractivity contribution in [1.29, 1.82) is 5.26 Å². The van der Waals surface area contributed by atoms with Gasteiger partial charge in [-0.1, -0.05) is 30.7 Å². The van der Waals surface area contributed by atoms with Crippen LogP contribution in [0.1, 0.15) is 145 Å². The first-order valence-corrected chi connectivity index (χ1v) is 24.3. The number of nitrogens with one attached hydrogen (secondary N) is 5. The van der Waals surface area contributed by atoms with Gasteiger partial charge in [0, 0.05) is 85.4 Å². The molecule has 0 spiro atoms. The van der Waals surface area contributed by atoms with Crippen molar-refractivity contribution in [3.8, 4) is 6.07 Å². The summed E-state index contributed by atoms with van der Waals surface area (Å²) in [6.07, 6.45) is -1.28. The van der Waals surface area contributed by atoms with E-state index in [1.165, 1.54) is 14.0 Å². The van der Waals surface area contributed by atoms with E-state index in [4.69, 9.17) is 11.6 Å². The van der Waals surface area contributed by atoms with Gasteiger partial charge in [0.2, 0.25) is 5.91 Å². The maximum atomic E-state index is 13.7. The summed E-state index contributed by atoms with van der Waals surface area (Å²) >= 11 is 6.17. The zero-order valence-corrected chi connectivity index (χ0v) is 41.4. The quantitative estimate of drug-likeness (QED) is 0.0520. The molecule has 2 aliphatic heterocycles. The number of benzene rings is 2. The highest BCUT2D eigenvalue weighted by Gasteiger charge is 2.63. The minimum absolute atomic E-state index is 0.0464. The number of nitriles is 1. The first kappa shape index (κ1) is 50.8. The van der Waals surface area contributed by atoms with Crippen LogP contribution in [0.3, 0.4) is 0 Å². The number of aromatic nitrogens is 2. The fraction of sp³-hybridized carbons (Fsp3) is 0.442. The maximum Gasteiger partial charge on any atom is 0.293 e. The first-order valence-electron chi connectivity index (χ1n) is 23.9. The number of aryl methyl sites for hydroxylation is 2. The van der Waals surface area contributed by atoms with E-state index in [1.54, 1.807) is 66.3 Å². The molecule has 4 aliphatic carbocycles. The number of halogens is 5. The van der Waals surface area contributed by atoms with Gasteiger partial charge in [-0.25, -0.2) is 17.6 Å². The summed E-state index contributed by atoms with van der Waals surface area (Å²) in [5.41, 5.74) is 1.87. The molecule has 6 aliphatic rings. The third-order valence-corrected chi connectivity index (χ3v) is 15.7. The minimum atomic E-state index is -3.11. The second-order valence-electron chi connectivity index (χ2n) is 20.4. The van der Waals surface area contributed by atoms with E-state index in [1.807, 2.05) is 6.92 Å². The molecule has 4 saturated carbocycles. The number of amides is 5. The second-order valence-corrected chi connectivity index (χ2v) is 20.8. The summed E-state index contributed by atoms with van der Waals surface area (Å²) in [4.78, 5) is 104. The minimum Gasteiger partial charge on any atom is -0.357 e. The lowest BCUT2D eigenvalue weighted by atomic mass is 9.69. The molecule has 4 aromatic rings. The van der Waals surface area contributed by atoms with E-state index in [9.17, 15) is 61.2 Å². The van der Waals surface area contributed by atoms with Crippen molar-refractivity contribution in [3.63, 3.8) is 0 Å². The summed E-state index contributed by atoms with van der Waals surface area (Å²) in [5.74, 6) is -12.0. The zero-order chi connectivity index (χ0) is 53.0. The number of hydrogen-bond donors (Lipinski definition) is 5. The molecule has 4 heterocycles. The van der Waals surface area contributed by atoms with Crippen LogP contribution in [0.5, 0.6) is 0 Å². The highest BCUT2D eigenvalue weighted by Crippen LogP contribution is 2.57. The molecule has 382 valence electrons. The molecule has 10 rings (SSSR count). The monoisotopic (exact) mass is 1030 g/mol. The Hall–Kier alpha value is -7.14. The van der Waals surface area contributed by atoms with Crippen LogP contribution in [0.2, 0.25) is 5.02 Å². The predicted molar refractivity (Wildman–Crippen MR) is 256 cm³/mol. The lowest BCUT2D eigenvalue weighted by Gasteiger charge is -2.46. The Kier molecular flexibility index (Phi) is 12.4. The smallest absolute Gasteiger partial charge is 0.293 e. The highest BCUT2D eigenvalue weighted by molar-refractivity contribution is 6.45. The third kappa shape index (κ3) is 8.78. The number of alkyl halides is 4. The number of fused-ring (bicyclic) bond motifs is 6. The number of rotatable bonds is 13. The third-order valence-electron chi connectivity index (χ3n) is 15.3. The average molecular weight is 1030 g/mol. The molecule has 2 aromatic carbocycles. The summed E-state index contributed by atoms with van der Waals surface area (Å²) in [7, 11) is 1.28. The molecule has 16 nitrogen and oxygen atoms in total. The Bertz CT molecular complexity index is 3190. The fourth-order valence-corrected chi connectivity index (χ4v) is 11.6. The zero-order valence-electron chi connectivity index (χ0n) is 40.6. The normalized spacial score (nSPS) is 21.8. The molecule has 5 amide bonds. The van der Waals surface area contributed by atoms with Gasteiger partial charge in [0.05, 0.1) is 22.8 Å². The van der Waals surface area contributed by atoms with Gasteiger partial charge in [-0.3, -0.25) is 38.4 Å². The largest absolute Gasteiger partial charge is 0.357 e. The van der Waals surface area contributed by atoms with Gasteiger partial charge in [0.1, 0.15) is 22.5 Å². The molecule has 5 N–H and O–H groups in total. The van der Waals surface area contributed by atoms with E-state index < -0.39 is 95.5 Å². The van der Waals surface area contributed by atoms with Crippen molar-refractivity contribution in [2.45, 2.75) is 127 Å². The van der Waals surface area contributed by atoms with Crippen molar-refractivity contribution >= 4 is 69.9 Å².